The Bertz CT molecular complexity index is 987. The van der Waals surface area contributed by atoms with Crippen LogP contribution in [0.4, 0.5) is 10.3 Å². The Labute approximate surface area is 139 Å². The van der Waals surface area contributed by atoms with Crippen LogP contribution in [0.25, 0.3) is 11.3 Å². The zero-order chi connectivity index (χ0) is 17.1. The van der Waals surface area contributed by atoms with Gasteiger partial charge in [0.15, 0.2) is 5.76 Å². The van der Waals surface area contributed by atoms with Gasteiger partial charge in [0.05, 0.1) is 18.0 Å². The van der Waals surface area contributed by atoms with Gasteiger partial charge in [-0.25, -0.2) is 9.07 Å². The number of halogens is 1. The predicted octanol–water partition coefficient (Wildman–Crippen LogP) is 3.27. The maximum atomic E-state index is 14.0. The van der Waals surface area contributed by atoms with Gasteiger partial charge in [-0.15, -0.1) is 11.3 Å². The highest BCUT2D eigenvalue weighted by Crippen LogP contribution is 2.23. The summed E-state index contributed by atoms with van der Waals surface area (Å²) >= 11 is 1.30. The van der Waals surface area contributed by atoms with Crippen molar-refractivity contribution < 1.29 is 13.7 Å². The van der Waals surface area contributed by atoms with Crippen molar-refractivity contribution in [1.82, 2.24) is 4.68 Å². The highest BCUT2D eigenvalue weighted by molar-refractivity contribution is 7.07. The van der Waals surface area contributed by atoms with Crippen LogP contribution >= 0.6 is 11.3 Å². The minimum Gasteiger partial charge on any atom is -0.400 e. The normalized spacial score (nSPS) is 12.2. The van der Waals surface area contributed by atoms with Crippen molar-refractivity contribution in [3.63, 3.8) is 0 Å². The molecule has 0 spiro atoms. The largest absolute Gasteiger partial charge is 0.433 e. The maximum absolute atomic E-state index is 14.0. The average Bonchev–Trinajstić information content (AvgIpc) is 3.20. The van der Waals surface area contributed by atoms with Crippen LogP contribution in [0.5, 0.6) is 0 Å². The lowest BCUT2D eigenvalue weighted by Crippen LogP contribution is -2.11. The van der Waals surface area contributed by atoms with Crippen molar-refractivity contribution in [2.75, 3.05) is 7.05 Å². The van der Waals surface area contributed by atoms with Gasteiger partial charge >= 0.3 is 5.88 Å². The van der Waals surface area contributed by atoms with Gasteiger partial charge < -0.3 is 4.42 Å². The van der Waals surface area contributed by atoms with Crippen LogP contribution in [0.2, 0.25) is 0 Å². The molecule has 0 saturated carbocycles. The number of hydrogen-bond acceptors (Lipinski definition) is 6. The number of nitro groups is 1. The molecule has 7 nitrogen and oxygen atoms in total. The van der Waals surface area contributed by atoms with Gasteiger partial charge in [0, 0.05) is 18.0 Å². The third-order valence-electron chi connectivity index (χ3n) is 3.12. The number of benzene rings is 1. The van der Waals surface area contributed by atoms with E-state index in [1.54, 1.807) is 30.6 Å². The van der Waals surface area contributed by atoms with Gasteiger partial charge in [0.1, 0.15) is 10.7 Å². The predicted molar refractivity (Wildman–Crippen MR) is 87.5 cm³/mol. The topological polar surface area (TPSA) is 85.9 Å². The number of rotatable bonds is 4. The molecule has 1 aromatic carbocycles. The fraction of sp³-hybridized carbons (Fsp3) is 0.0667. The highest BCUT2D eigenvalue weighted by Gasteiger charge is 2.13. The molecule has 0 aliphatic heterocycles. The third-order valence-corrected chi connectivity index (χ3v) is 4.03. The summed E-state index contributed by atoms with van der Waals surface area (Å²) in [4.78, 5) is 14.6. The molecule has 3 rings (SSSR count). The molecular formula is C15H11FN4O3S. The molecule has 0 aliphatic rings. The highest BCUT2D eigenvalue weighted by atomic mass is 32.1. The molecule has 0 atom stereocenters. The summed E-state index contributed by atoms with van der Waals surface area (Å²) in [6.07, 6.45) is 1.32. The van der Waals surface area contributed by atoms with Gasteiger partial charge in [-0.2, -0.15) is 5.10 Å². The first kappa shape index (κ1) is 15.8. The van der Waals surface area contributed by atoms with Crippen LogP contribution in [0.3, 0.4) is 0 Å². The standard InChI is InChI=1S/C15H11FN4O3S/c1-17-15-19(18-8-10-6-7-14(23-10)20(21)22)13(9-24-15)11-4-2-3-5-12(11)16/h2-9H,1H3. The van der Waals surface area contributed by atoms with E-state index in [2.05, 4.69) is 10.1 Å². The number of thiazole rings is 1. The molecule has 3 aromatic rings. The second-order valence-electron chi connectivity index (χ2n) is 4.60. The van der Waals surface area contributed by atoms with Crippen molar-refractivity contribution in [2.45, 2.75) is 0 Å². The summed E-state index contributed by atoms with van der Waals surface area (Å²) in [6, 6.07) is 9.00. The van der Waals surface area contributed by atoms with Gasteiger partial charge in [0.25, 0.3) is 0 Å². The molecule has 2 aromatic heterocycles. The zero-order valence-corrected chi connectivity index (χ0v) is 13.2. The molecule has 0 radical (unpaired) electrons. The molecule has 0 unspecified atom stereocenters. The molecule has 0 N–H and O–H groups in total. The summed E-state index contributed by atoms with van der Waals surface area (Å²) in [5, 5.41) is 16.6. The Kier molecular flexibility index (Phi) is 4.34. The summed E-state index contributed by atoms with van der Waals surface area (Å²) in [6.45, 7) is 0. The van der Waals surface area contributed by atoms with Gasteiger partial charge in [-0.1, -0.05) is 12.1 Å². The Morgan fingerprint density at radius 3 is 2.79 bits per heavy atom. The first-order valence-electron chi connectivity index (χ1n) is 6.77. The molecule has 0 fully saturated rings. The van der Waals surface area contributed by atoms with Crippen molar-refractivity contribution >= 4 is 23.4 Å². The fourth-order valence-electron chi connectivity index (χ4n) is 2.04. The molecule has 122 valence electrons. The lowest BCUT2D eigenvalue weighted by Gasteiger charge is -2.03. The van der Waals surface area contributed by atoms with Gasteiger partial charge in [-0.3, -0.25) is 15.1 Å². The molecule has 2 heterocycles. The molecule has 24 heavy (non-hydrogen) atoms. The third kappa shape index (κ3) is 3.01. The lowest BCUT2D eigenvalue weighted by atomic mass is 10.1. The van der Waals surface area contributed by atoms with Crippen molar-refractivity contribution in [1.29, 1.82) is 0 Å². The Morgan fingerprint density at radius 1 is 1.33 bits per heavy atom. The summed E-state index contributed by atoms with van der Waals surface area (Å²) in [5.74, 6) is -0.543. The summed E-state index contributed by atoms with van der Waals surface area (Å²) in [7, 11) is 1.60. The number of hydrogen-bond donors (Lipinski definition) is 0. The zero-order valence-electron chi connectivity index (χ0n) is 12.4. The van der Waals surface area contributed by atoms with Crippen molar-refractivity contribution in [2.24, 2.45) is 10.1 Å². The van der Waals surface area contributed by atoms with Crippen molar-refractivity contribution in [3.8, 4) is 11.3 Å². The Morgan fingerprint density at radius 2 is 2.12 bits per heavy atom. The first-order chi connectivity index (χ1) is 11.6. The number of aromatic nitrogens is 1. The van der Waals surface area contributed by atoms with Crippen LogP contribution in [-0.4, -0.2) is 22.9 Å². The van der Waals surface area contributed by atoms with E-state index in [1.165, 1.54) is 40.4 Å². The quantitative estimate of drug-likeness (QED) is 0.413. The van der Waals surface area contributed by atoms with Gasteiger partial charge in [0.2, 0.25) is 4.80 Å². The SMILES string of the molecule is CN=c1scc(-c2ccccc2F)n1N=Cc1ccc([N+](=O)[O-])o1. The molecule has 0 amide bonds. The number of nitrogens with zero attached hydrogens (tertiary/aromatic N) is 4. The molecular weight excluding hydrogens is 335 g/mol. The molecule has 0 saturated heterocycles. The van der Waals surface area contributed by atoms with E-state index in [0.717, 1.165) is 0 Å². The molecule has 9 heteroatoms. The van der Waals surface area contributed by atoms with E-state index in [4.69, 9.17) is 4.42 Å². The van der Waals surface area contributed by atoms with Gasteiger partial charge in [-0.05, 0) is 18.2 Å². The minimum absolute atomic E-state index is 0.210. The second-order valence-corrected chi connectivity index (χ2v) is 5.43. The van der Waals surface area contributed by atoms with E-state index < -0.39 is 4.92 Å². The van der Waals surface area contributed by atoms with Crippen LogP contribution in [0, 0.1) is 15.9 Å². The van der Waals surface area contributed by atoms with E-state index in [9.17, 15) is 14.5 Å². The summed E-state index contributed by atoms with van der Waals surface area (Å²) < 4.78 is 20.5. The molecule has 0 aliphatic carbocycles. The van der Waals surface area contributed by atoms with Crippen LogP contribution in [0.15, 0.2) is 56.3 Å². The minimum atomic E-state index is -0.632. The fourth-order valence-corrected chi connectivity index (χ4v) is 2.84. The lowest BCUT2D eigenvalue weighted by molar-refractivity contribution is -0.402. The number of furan rings is 1. The van der Waals surface area contributed by atoms with E-state index in [1.807, 2.05) is 0 Å². The monoisotopic (exact) mass is 346 g/mol. The van der Waals surface area contributed by atoms with E-state index in [-0.39, 0.29) is 17.5 Å². The Balaban J connectivity index is 2.04. The first-order valence-corrected chi connectivity index (χ1v) is 7.65. The second kappa shape index (κ2) is 6.59. The smallest absolute Gasteiger partial charge is 0.400 e. The van der Waals surface area contributed by atoms with Crippen LogP contribution in [-0.2, 0) is 0 Å². The van der Waals surface area contributed by atoms with Crippen LogP contribution in [0.1, 0.15) is 5.76 Å². The average molecular weight is 346 g/mol. The van der Waals surface area contributed by atoms with Crippen LogP contribution < -0.4 is 4.80 Å². The van der Waals surface area contributed by atoms with E-state index in [0.29, 0.717) is 16.1 Å². The van der Waals surface area contributed by atoms with Crippen molar-refractivity contribution in [3.05, 3.63) is 68.3 Å². The maximum Gasteiger partial charge on any atom is 0.433 e. The van der Waals surface area contributed by atoms with E-state index >= 15 is 0 Å². The summed E-state index contributed by atoms with van der Waals surface area (Å²) in [5.41, 5.74) is 0.905. The Hall–Kier alpha value is -3.07. The molecule has 0 bridgehead atoms.